The minimum Gasteiger partial charge on any atom is -0.494 e. The van der Waals surface area contributed by atoms with E-state index in [2.05, 4.69) is 16.8 Å². The quantitative estimate of drug-likeness (QED) is 0.250. The number of aromatic nitrogens is 3. The highest BCUT2D eigenvalue weighted by atomic mass is 32.2. The molecule has 0 radical (unpaired) electrons. The zero-order valence-electron chi connectivity index (χ0n) is 16.9. The predicted octanol–water partition coefficient (Wildman–Crippen LogP) is 4.31. The third kappa shape index (κ3) is 5.96. The van der Waals surface area contributed by atoms with Crippen LogP contribution >= 0.6 is 11.8 Å². The first-order valence-corrected chi connectivity index (χ1v) is 12.3. The van der Waals surface area contributed by atoms with Crippen molar-refractivity contribution in [1.29, 1.82) is 0 Å². The van der Waals surface area contributed by atoms with Gasteiger partial charge in [-0.25, -0.2) is 8.42 Å². The maximum atomic E-state index is 12.7. The van der Waals surface area contributed by atoms with Crippen molar-refractivity contribution in [2.45, 2.75) is 35.7 Å². The molecule has 3 rings (SSSR count). The van der Waals surface area contributed by atoms with E-state index >= 15 is 0 Å². The maximum absolute atomic E-state index is 12.7. The van der Waals surface area contributed by atoms with Gasteiger partial charge in [-0.3, -0.25) is 0 Å². The fourth-order valence-corrected chi connectivity index (χ4v) is 4.94. The van der Waals surface area contributed by atoms with Gasteiger partial charge in [-0.05, 0) is 37.6 Å². The largest absolute Gasteiger partial charge is 0.494 e. The van der Waals surface area contributed by atoms with Crippen molar-refractivity contribution in [2.24, 2.45) is 0 Å². The van der Waals surface area contributed by atoms with Gasteiger partial charge in [-0.2, -0.15) is 0 Å². The third-order valence-corrected chi connectivity index (χ3v) is 7.02. The number of aryl methyl sites for hydroxylation is 1. The van der Waals surface area contributed by atoms with Gasteiger partial charge in [-0.1, -0.05) is 53.7 Å². The Hall–Kier alpha value is -2.58. The lowest BCUT2D eigenvalue weighted by atomic mass is 10.2. The zero-order chi connectivity index (χ0) is 21.4. The molecule has 0 amide bonds. The summed E-state index contributed by atoms with van der Waals surface area (Å²) in [5, 5.41) is 9.02. The lowest BCUT2D eigenvalue weighted by molar-refractivity contribution is 0.318. The van der Waals surface area contributed by atoms with E-state index < -0.39 is 9.84 Å². The van der Waals surface area contributed by atoms with Crippen molar-refractivity contribution < 1.29 is 13.2 Å². The molecule has 1 heterocycles. The van der Waals surface area contributed by atoms with Gasteiger partial charge in [0.15, 0.2) is 15.0 Å². The van der Waals surface area contributed by atoms with Gasteiger partial charge in [0.2, 0.25) is 0 Å². The Balaban J connectivity index is 1.58. The van der Waals surface area contributed by atoms with E-state index in [9.17, 15) is 8.42 Å². The SMILES string of the molecule is C=CCn1c(CS(=O)(=O)c2ccccc2)nnc1SCCCOc1ccc(C)cc1. The second-order valence-electron chi connectivity index (χ2n) is 6.73. The van der Waals surface area contributed by atoms with Crippen LogP contribution in [-0.2, 0) is 22.1 Å². The number of allylic oxidation sites excluding steroid dienone is 1. The first-order valence-electron chi connectivity index (χ1n) is 9.62. The summed E-state index contributed by atoms with van der Waals surface area (Å²) in [7, 11) is -3.49. The minimum atomic E-state index is -3.49. The summed E-state index contributed by atoms with van der Waals surface area (Å²) in [5.74, 6) is 1.85. The fourth-order valence-electron chi connectivity index (χ4n) is 2.77. The zero-order valence-corrected chi connectivity index (χ0v) is 18.5. The van der Waals surface area contributed by atoms with Crippen LogP contribution in [0.2, 0.25) is 0 Å². The molecule has 0 unspecified atom stereocenters. The highest BCUT2D eigenvalue weighted by molar-refractivity contribution is 7.99. The standard InChI is InChI=1S/C22H25N3O3S2/c1-3-14-25-21(17-30(26,27)20-8-5-4-6-9-20)23-24-22(25)29-16-7-15-28-19-12-10-18(2)11-13-19/h3-6,8-13H,1,7,14-17H2,2H3. The van der Waals surface area contributed by atoms with Gasteiger partial charge in [0.05, 0.1) is 11.5 Å². The first-order chi connectivity index (χ1) is 14.5. The molecular formula is C22H25N3O3S2. The molecule has 8 heteroatoms. The molecule has 0 spiro atoms. The number of sulfone groups is 1. The number of nitrogens with zero attached hydrogens (tertiary/aromatic N) is 3. The molecule has 0 aliphatic rings. The van der Waals surface area contributed by atoms with Crippen LogP contribution in [0.25, 0.3) is 0 Å². The first kappa shape index (κ1) is 22.1. The Bertz CT molecular complexity index is 1060. The van der Waals surface area contributed by atoms with E-state index in [4.69, 9.17) is 4.74 Å². The third-order valence-electron chi connectivity index (χ3n) is 4.34. The van der Waals surface area contributed by atoms with Crippen LogP contribution in [0.4, 0.5) is 0 Å². The summed E-state index contributed by atoms with van der Waals surface area (Å²) < 4.78 is 32.9. The summed E-state index contributed by atoms with van der Waals surface area (Å²) in [4.78, 5) is 0.278. The molecule has 1 aromatic heterocycles. The molecule has 0 fully saturated rings. The smallest absolute Gasteiger partial charge is 0.191 e. The molecule has 0 N–H and O–H groups in total. The topological polar surface area (TPSA) is 74.1 Å². The van der Waals surface area contributed by atoms with Gasteiger partial charge in [0.25, 0.3) is 0 Å². The highest BCUT2D eigenvalue weighted by Gasteiger charge is 2.21. The molecule has 0 bridgehead atoms. The van der Waals surface area contributed by atoms with Crippen LogP contribution in [-0.4, -0.2) is 35.5 Å². The van der Waals surface area contributed by atoms with Crippen LogP contribution < -0.4 is 4.74 Å². The van der Waals surface area contributed by atoms with Crippen LogP contribution in [0.3, 0.4) is 0 Å². The van der Waals surface area contributed by atoms with Crippen molar-refractivity contribution in [3.63, 3.8) is 0 Å². The van der Waals surface area contributed by atoms with Crippen molar-refractivity contribution in [2.75, 3.05) is 12.4 Å². The number of benzene rings is 2. The molecule has 0 saturated carbocycles. The molecule has 0 saturated heterocycles. The van der Waals surface area contributed by atoms with Crippen LogP contribution in [0, 0.1) is 6.92 Å². The second-order valence-corrected chi connectivity index (χ2v) is 9.79. The molecular weight excluding hydrogens is 418 g/mol. The Morgan fingerprint density at radius 2 is 1.83 bits per heavy atom. The van der Waals surface area contributed by atoms with Crippen molar-refractivity contribution in [1.82, 2.24) is 14.8 Å². The van der Waals surface area contributed by atoms with E-state index in [1.165, 1.54) is 17.3 Å². The van der Waals surface area contributed by atoms with Crippen molar-refractivity contribution in [3.05, 3.63) is 78.6 Å². The van der Waals surface area contributed by atoms with Crippen LogP contribution in [0.1, 0.15) is 17.8 Å². The van der Waals surface area contributed by atoms with Gasteiger partial charge in [0, 0.05) is 12.3 Å². The van der Waals surface area contributed by atoms with E-state index in [0.717, 1.165) is 17.9 Å². The Labute approximate surface area is 181 Å². The van der Waals surface area contributed by atoms with Crippen molar-refractivity contribution in [3.8, 4) is 5.75 Å². The summed E-state index contributed by atoms with van der Waals surface area (Å²) in [6.07, 6.45) is 2.55. The summed E-state index contributed by atoms with van der Waals surface area (Å²) in [5.41, 5.74) is 1.20. The number of rotatable bonds is 11. The van der Waals surface area contributed by atoms with E-state index in [1.807, 2.05) is 31.2 Å². The normalized spacial score (nSPS) is 11.4. The molecule has 30 heavy (non-hydrogen) atoms. The second kappa shape index (κ2) is 10.4. The summed E-state index contributed by atoms with van der Waals surface area (Å²) in [6.45, 7) is 6.86. The van der Waals surface area contributed by atoms with Gasteiger partial charge in [0.1, 0.15) is 17.3 Å². The molecule has 3 aromatic rings. The number of hydrogen-bond acceptors (Lipinski definition) is 6. The average molecular weight is 444 g/mol. The maximum Gasteiger partial charge on any atom is 0.191 e. The number of ether oxygens (including phenoxy) is 1. The summed E-state index contributed by atoms with van der Waals surface area (Å²) in [6, 6.07) is 16.4. The number of hydrogen-bond donors (Lipinski definition) is 0. The van der Waals surface area contributed by atoms with Crippen LogP contribution in [0.15, 0.2) is 77.3 Å². The Morgan fingerprint density at radius 3 is 2.53 bits per heavy atom. The van der Waals surface area contributed by atoms with Gasteiger partial charge >= 0.3 is 0 Å². The Kier molecular flexibility index (Phi) is 7.70. The highest BCUT2D eigenvalue weighted by Crippen LogP contribution is 2.22. The number of thioether (sulfide) groups is 1. The van der Waals surface area contributed by atoms with Gasteiger partial charge < -0.3 is 9.30 Å². The van der Waals surface area contributed by atoms with E-state index in [-0.39, 0.29) is 10.6 Å². The minimum absolute atomic E-state index is 0.199. The molecule has 0 aliphatic carbocycles. The van der Waals surface area contributed by atoms with Gasteiger partial charge in [-0.15, -0.1) is 16.8 Å². The molecule has 6 nitrogen and oxygen atoms in total. The molecule has 2 aromatic carbocycles. The molecule has 158 valence electrons. The molecule has 0 aliphatic heterocycles. The average Bonchev–Trinajstić information content (AvgIpc) is 3.11. The molecule has 0 atom stereocenters. The fraction of sp³-hybridized carbons (Fsp3) is 0.273. The lowest BCUT2D eigenvalue weighted by Crippen LogP contribution is -2.11. The predicted molar refractivity (Wildman–Crippen MR) is 120 cm³/mol. The Morgan fingerprint density at radius 1 is 1.10 bits per heavy atom. The monoisotopic (exact) mass is 443 g/mol. The van der Waals surface area contributed by atoms with Crippen LogP contribution in [0.5, 0.6) is 5.75 Å². The summed E-state index contributed by atoms with van der Waals surface area (Å²) >= 11 is 1.53. The van der Waals surface area contributed by atoms with E-state index in [1.54, 1.807) is 41.0 Å². The lowest BCUT2D eigenvalue weighted by Gasteiger charge is -2.09. The van der Waals surface area contributed by atoms with E-state index in [0.29, 0.717) is 24.1 Å². The van der Waals surface area contributed by atoms with Crippen molar-refractivity contribution >= 4 is 21.6 Å².